The van der Waals surface area contributed by atoms with Crippen molar-refractivity contribution < 1.29 is 28.9 Å². The molecule has 0 radical (unpaired) electrons. The number of carbonyl (C=O) groups is 2. The quantitative estimate of drug-likeness (QED) is 0.600. The topological polar surface area (TPSA) is 82.1 Å². The van der Waals surface area contributed by atoms with Gasteiger partial charge in [-0.3, -0.25) is 4.79 Å². The van der Waals surface area contributed by atoms with E-state index in [2.05, 4.69) is 27.7 Å². The lowest BCUT2D eigenvalue weighted by Gasteiger charge is -2.67. The monoisotopic (exact) mass is 460 g/mol. The summed E-state index contributed by atoms with van der Waals surface area (Å²) in [4.78, 5) is 23.8. The number of hydrogen-bond donors (Lipinski definition) is 1. The Labute approximate surface area is 197 Å². The lowest BCUT2D eigenvalue weighted by molar-refractivity contribution is -0.270. The molecule has 1 saturated heterocycles. The van der Waals surface area contributed by atoms with Crippen LogP contribution in [-0.2, 0) is 23.8 Å². The van der Waals surface area contributed by atoms with Crippen LogP contribution in [0.25, 0.3) is 0 Å². The highest BCUT2D eigenvalue weighted by molar-refractivity contribution is 5.85. The van der Waals surface area contributed by atoms with Crippen molar-refractivity contribution >= 4 is 11.9 Å². The van der Waals surface area contributed by atoms with Crippen LogP contribution in [-0.4, -0.2) is 35.7 Å². The minimum Gasteiger partial charge on any atom is -0.436 e. The van der Waals surface area contributed by atoms with E-state index in [-0.39, 0.29) is 17.3 Å². The van der Waals surface area contributed by atoms with Gasteiger partial charge in [-0.2, -0.15) is 0 Å². The van der Waals surface area contributed by atoms with E-state index in [1.807, 2.05) is 0 Å². The lowest BCUT2D eigenvalue weighted by Crippen LogP contribution is -2.62. The van der Waals surface area contributed by atoms with Crippen molar-refractivity contribution in [3.05, 3.63) is 11.6 Å². The van der Waals surface area contributed by atoms with Crippen molar-refractivity contribution in [2.24, 2.45) is 39.9 Å². The number of hydrogen-bond acceptors (Lipinski definition) is 6. The van der Waals surface area contributed by atoms with Gasteiger partial charge in [0.2, 0.25) is 12.6 Å². The highest BCUT2D eigenvalue weighted by atomic mass is 16.7. The first-order chi connectivity index (χ1) is 15.5. The molecule has 5 aliphatic rings. The number of carbonyl (C=O) groups excluding carboxylic acids is 2. The Hall–Kier alpha value is -1.40. The van der Waals surface area contributed by atoms with E-state index in [1.54, 1.807) is 0 Å². The van der Waals surface area contributed by atoms with Gasteiger partial charge in [0, 0.05) is 24.5 Å². The maximum atomic E-state index is 12.0. The molecule has 0 bridgehead atoms. The first-order valence-corrected chi connectivity index (χ1v) is 12.9. The summed E-state index contributed by atoms with van der Waals surface area (Å²) >= 11 is 0. The summed E-state index contributed by atoms with van der Waals surface area (Å²) in [6.45, 7) is 11.4. The first-order valence-electron chi connectivity index (χ1n) is 12.9. The summed E-state index contributed by atoms with van der Waals surface area (Å²) in [5.74, 6) is 0.882. The van der Waals surface area contributed by atoms with Crippen LogP contribution in [0.1, 0.15) is 86.0 Å². The predicted molar refractivity (Wildman–Crippen MR) is 121 cm³/mol. The molecule has 6 heteroatoms. The maximum absolute atomic E-state index is 12.0. The lowest BCUT2D eigenvalue weighted by atomic mass is 9.38. The number of esters is 2. The summed E-state index contributed by atoms with van der Waals surface area (Å²) in [5.41, 5.74) is 1.26. The van der Waals surface area contributed by atoms with Crippen molar-refractivity contribution in [1.82, 2.24) is 0 Å². The van der Waals surface area contributed by atoms with Gasteiger partial charge in [-0.05, 0) is 78.9 Å². The van der Waals surface area contributed by atoms with Crippen molar-refractivity contribution in [1.29, 1.82) is 0 Å². The van der Waals surface area contributed by atoms with Crippen LogP contribution >= 0.6 is 0 Å². The Morgan fingerprint density at radius 2 is 1.82 bits per heavy atom. The molecule has 6 nitrogen and oxygen atoms in total. The number of aliphatic hydroxyl groups excluding tert-OH is 1. The van der Waals surface area contributed by atoms with Gasteiger partial charge in [-0.1, -0.05) is 34.1 Å². The third-order valence-electron chi connectivity index (χ3n) is 10.6. The van der Waals surface area contributed by atoms with Crippen LogP contribution in [0.5, 0.6) is 0 Å². The molecule has 1 unspecified atom stereocenters. The van der Waals surface area contributed by atoms with E-state index in [4.69, 9.17) is 14.2 Å². The van der Waals surface area contributed by atoms with Gasteiger partial charge >= 0.3 is 11.9 Å². The largest absolute Gasteiger partial charge is 0.436 e. The normalized spacial score (nSPS) is 48.6. The second kappa shape index (κ2) is 7.81. The summed E-state index contributed by atoms with van der Waals surface area (Å²) in [7, 11) is 0. The average molecular weight is 461 g/mol. The Morgan fingerprint density at radius 3 is 2.48 bits per heavy atom. The molecule has 3 aliphatic carbocycles. The fourth-order valence-corrected chi connectivity index (χ4v) is 9.32. The van der Waals surface area contributed by atoms with E-state index in [0.717, 1.165) is 25.2 Å². The van der Waals surface area contributed by atoms with Crippen LogP contribution in [0, 0.1) is 39.9 Å². The molecule has 2 heterocycles. The van der Waals surface area contributed by atoms with E-state index >= 15 is 0 Å². The molecule has 9 atom stereocenters. The Morgan fingerprint density at radius 1 is 1.06 bits per heavy atom. The molecule has 1 N–H and O–H groups in total. The van der Waals surface area contributed by atoms with Gasteiger partial charge in [0.25, 0.3) is 0 Å². The molecule has 0 aromatic heterocycles. The third kappa shape index (κ3) is 3.58. The van der Waals surface area contributed by atoms with Crippen LogP contribution in [0.3, 0.4) is 0 Å². The number of fused-ring (bicyclic) bond motifs is 5. The molecular formula is C27H40O6. The molecule has 184 valence electrons. The SMILES string of the molecule is CC(=O)O[C@H]1O[C@@H](C2=CC(=O)OC2O)C[C@@H]2[C@@H]1CC[C@H]1[C@@]2(C)CC[C@H]2C(C)(C)CCC[C@]12C. The standard InChI is InChI=1S/C27H40O6/c1-15(28)31-24-16-7-8-21-26(4,12-9-20-25(2,3)10-6-11-27(20,21)5)18(16)14-19(32-24)17-13-22(29)33-23(17)30/h13,16,18-21,23-24,30H,6-12,14H2,1-5H3/t16-,18+,19+,20-,21-,23?,24-,26-,27-/m0/s1. The van der Waals surface area contributed by atoms with Gasteiger partial charge in [0.15, 0.2) is 0 Å². The molecule has 0 aromatic rings. The van der Waals surface area contributed by atoms with E-state index in [0.29, 0.717) is 28.2 Å². The molecule has 0 aromatic carbocycles. The average Bonchev–Trinajstić information content (AvgIpc) is 3.04. The summed E-state index contributed by atoms with van der Waals surface area (Å²) < 4.78 is 16.9. The Kier molecular flexibility index (Phi) is 5.52. The van der Waals surface area contributed by atoms with E-state index in [1.165, 1.54) is 45.1 Å². The van der Waals surface area contributed by atoms with Gasteiger partial charge in [-0.25, -0.2) is 4.79 Å². The van der Waals surface area contributed by atoms with Gasteiger partial charge in [0.1, 0.15) is 0 Å². The Balaban J connectivity index is 1.50. The van der Waals surface area contributed by atoms with Crippen LogP contribution < -0.4 is 0 Å². The zero-order valence-electron chi connectivity index (χ0n) is 20.8. The second-order valence-electron chi connectivity index (χ2n) is 12.6. The molecule has 5 rings (SSSR count). The number of ether oxygens (including phenoxy) is 3. The van der Waals surface area contributed by atoms with Crippen LogP contribution in [0.4, 0.5) is 0 Å². The number of aliphatic hydroxyl groups is 1. The second-order valence-corrected chi connectivity index (χ2v) is 12.6. The van der Waals surface area contributed by atoms with Crippen LogP contribution in [0.2, 0.25) is 0 Å². The van der Waals surface area contributed by atoms with Gasteiger partial charge in [-0.15, -0.1) is 0 Å². The fraction of sp³-hybridized carbons (Fsp3) is 0.852. The molecule has 0 spiro atoms. The van der Waals surface area contributed by atoms with Crippen molar-refractivity contribution in [2.75, 3.05) is 0 Å². The maximum Gasteiger partial charge on any atom is 0.333 e. The first kappa shape index (κ1) is 23.3. The zero-order valence-corrected chi connectivity index (χ0v) is 20.8. The predicted octanol–water partition coefficient (Wildman–Crippen LogP) is 4.74. The number of rotatable bonds is 2. The third-order valence-corrected chi connectivity index (χ3v) is 10.6. The fourth-order valence-electron chi connectivity index (χ4n) is 9.32. The minimum absolute atomic E-state index is 0.108. The zero-order chi connectivity index (χ0) is 23.8. The van der Waals surface area contributed by atoms with Crippen LogP contribution in [0.15, 0.2) is 11.6 Å². The van der Waals surface area contributed by atoms with Gasteiger partial charge < -0.3 is 19.3 Å². The summed E-state index contributed by atoms with van der Waals surface area (Å²) in [6, 6.07) is 0. The highest BCUT2D eigenvalue weighted by Gasteiger charge is 2.64. The number of cyclic esters (lactones) is 1. The molecule has 3 saturated carbocycles. The smallest absolute Gasteiger partial charge is 0.333 e. The summed E-state index contributed by atoms with van der Waals surface area (Å²) in [5, 5.41) is 10.3. The molecule has 2 aliphatic heterocycles. The molecular weight excluding hydrogens is 420 g/mol. The highest BCUT2D eigenvalue weighted by Crippen LogP contribution is 2.70. The molecule has 0 amide bonds. The molecule has 4 fully saturated rings. The molecule has 33 heavy (non-hydrogen) atoms. The van der Waals surface area contributed by atoms with Crippen molar-refractivity contribution in [3.63, 3.8) is 0 Å². The van der Waals surface area contributed by atoms with Gasteiger partial charge in [0.05, 0.1) is 6.10 Å². The van der Waals surface area contributed by atoms with Crippen molar-refractivity contribution in [2.45, 2.75) is 105 Å². The van der Waals surface area contributed by atoms with E-state index in [9.17, 15) is 14.7 Å². The Bertz CT molecular complexity index is 863. The minimum atomic E-state index is -1.28. The van der Waals surface area contributed by atoms with Crippen molar-refractivity contribution in [3.8, 4) is 0 Å². The summed E-state index contributed by atoms with van der Waals surface area (Å²) in [6.07, 6.45) is 8.07. The van der Waals surface area contributed by atoms with E-state index < -0.39 is 24.7 Å².